The van der Waals surface area contributed by atoms with Gasteiger partial charge in [0.25, 0.3) is 0 Å². The molecule has 0 spiro atoms. The molecule has 0 aromatic heterocycles. The summed E-state index contributed by atoms with van der Waals surface area (Å²) in [4.78, 5) is 0. The van der Waals surface area contributed by atoms with Gasteiger partial charge in [0, 0.05) is 13.2 Å². The molecule has 0 fully saturated rings. The van der Waals surface area contributed by atoms with Crippen LogP contribution >= 0.6 is 0 Å². The zero-order chi connectivity index (χ0) is 10.6. The van der Waals surface area contributed by atoms with E-state index in [4.69, 9.17) is 9.47 Å². The van der Waals surface area contributed by atoms with Gasteiger partial charge in [0.2, 0.25) is 0 Å². The molecule has 0 atom stereocenters. The lowest BCUT2D eigenvalue weighted by Gasteiger charge is -2.10. The van der Waals surface area contributed by atoms with E-state index in [9.17, 15) is 13.9 Å². The lowest BCUT2D eigenvalue weighted by molar-refractivity contribution is -0.0208. The molecule has 0 saturated heterocycles. The van der Waals surface area contributed by atoms with Crippen molar-refractivity contribution in [2.45, 2.75) is 18.9 Å². The maximum Gasteiger partial charge on any atom is 0.101 e. The second kappa shape index (κ2) is 10.8. The standard InChI is InChI=1S/C9H18F2O3/c10-3-1-5-13-7-9(12)8-14-6-2-4-11/h9,12H,1-8H2. The van der Waals surface area contributed by atoms with Gasteiger partial charge in [-0.05, 0) is 12.8 Å². The highest BCUT2D eigenvalue weighted by Gasteiger charge is 2.03. The quantitative estimate of drug-likeness (QED) is 0.551. The molecule has 14 heavy (non-hydrogen) atoms. The number of alkyl halides is 2. The molecular formula is C9H18F2O3. The number of rotatable bonds is 10. The Morgan fingerprint density at radius 1 is 0.929 bits per heavy atom. The Balaban J connectivity index is 3.07. The summed E-state index contributed by atoms with van der Waals surface area (Å²) in [6.45, 7) is 0.0491. The molecular weight excluding hydrogens is 194 g/mol. The molecule has 0 unspecified atom stereocenters. The molecule has 0 amide bonds. The van der Waals surface area contributed by atoms with Crippen LogP contribution in [0.2, 0.25) is 0 Å². The summed E-state index contributed by atoms with van der Waals surface area (Å²) in [5.74, 6) is 0. The average molecular weight is 212 g/mol. The first kappa shape index (κ1) is 13.7. The van der Waals surface area contributed by atoms with Gasteiger partial charge < -0.3 is 14.6 Å². The maximum atomic E-state index is 11.6. The molecule has 86 valence electrons. The van der Waals surface area contributed by atoms with Crippen LogP contribution in [0, 0.1) is 0 Å². The molecule has 0 saturated carbocycles. The molecule has 0 aliphatic rings. The molecule has 0 aliphatic carbocycles. The van der Waals surface area contributed by atoms with Crippen LogP contribution in [-0.4, -0.2) is 51.0 Å². The van der Waals surface area contributed by atoms with Crippen LogP contribution < -0.4 is 0 Å². The van der Waals surface area contributed by atoms with Gasteiger partial charge >= 0.3 is 0 Å². The molecule has 0 aromatic carbocycles. The number of aliphatic hydroxyl groups is 1. The number of halogens is 2. The van der Waals surface area contributed by atoms with Gasteiger partial charge in [0.1, 0.15) is 6.10 Å². The van der Waals surface area contributed by atoms with E-state index < -0.39 is 19.5 Å². The van der Waals surface area contributed by atoms with Crippen molar-refractivity contribution in [2.75, 3.05) is 39.8 Å². The topological polar surface area (TPSA) is 38.7 Å². The van der Waals surface area contributed by atoms with Crippen molar-refractivity contribution in [2.24, 2.45) is 0 Å². The first-order valence-corrected chi connectivity index (χ1v) is 4.76. The Morgan fingerprint density at radius 2 is 1.36 bits per heavy atom. The summed E-state index contributed by atoms with van der Waals surface area (Å²) < 4.78 is 33.1. The normalized spacial score (nSPS) is 11.1. The number of hydrogen-bond donors (Lipinski definition) is 1. The third-order valence-corrected chi connectivity index (χ3v) is 1.47. The summed E-state index contributed by atoms with van der Waals surface area (Å²) in [6, 6.07) is 0. The highest BCUT2D eigenvalue weighted by Crippen LogP contribution is 1.91. The fourth-order valence-electron chi connectivity index (χ4n) is 0.800. The van der Waals surface area contributed by atoms with Gasteiger partial charge in [-0.1, -0.05) is 0 Å². The fourth-order valence-corrected chi connectivity index (χ4v) is 0.800. The lowest BCUT2D eigenvalue weighted by atomic mass is 10.4. The SMILES string of the molecule is OC(COCCCF)COCCCF. The molecule has 0 heterocycles. The van der Waals surface area contributed by atoms with Crippen LogP contribution in [0.25, 0.3) is 0 Å². The Morgan fingerprint density at radius 3 is 1.71 bits per heavy atom. The molecule has 0 radical (unpaired) electrons. The number of aliphatic hydroxyl groups excluding tert-OH is 1. The van der Waals surface area contributed by atoms with E-state index >= 15 is 0 Å². The molecule has 1 N–H and O–H groups in total. The van der Waals surface area contributed by atoms with Gasteiger partial charge in [-0.25, -0.2) is 0 Å². The third kappa shape index (κ3) is 9.83. The summed E-state index contributed by atoms with van der Waals surface area (Å²) in [7, 11) is 0. The summed E-state index contributed by atoms with van der Waals surface area (Å²) in [5, 5.41) is 9.21. The van der Waals surface area contributed by atoms with Crippen LogP contribution in [0.3, 0.4) is 0 Å². The van der Waals surface area contributed by atoms with E-state index in [-0.39, 0.29) is 13.2 Å². The minimum Gasteiger partial charge on any atom is -0.388 e. The number of ether oxygens (including phenoxy) is 2. The van der Waals surface area contributed by atoms with E-state index in [0.29, 0.717) is 26.1 Å². The monoisotopic (exact) mass is 212 g/mol. The first-order chi connectivity index (χ1) is 6.81. The average Bonchev–Trinajstić information content (AvgIpc) is 2.19. The van der Waals surface area contributed by atoms with Gasteiger partial charge in [-0.15, -0.1) is 0 Å². The Bertz CT molecular complexity index is 102. The van der Waals surface area contributed by atoms with E-state index in [0.717, 1.165) is 0 Å². The van der Waals surface area contributed by atoms with Crippen molar-refractivity contribution in [3.05, 3.63) is 0 Å². The minimum absolute atomic E-state index is 0.135. The molecule has 0 bridgehead atoms. The third-order valence-electron chi connectivity index (χ3n) is 1.47. The van der Waals surface area contributed by atoms with E-state index in [1.54, 1.807) is 0 Å². The smallest absolute Gasteiger partial charge is 0.101 e. The van der Waals surface area contributed by atoms with Crippen LogP contribution in [-0.2, 0) is 9.47 Å². The van der Waals surface area contributed by atoms with E-state index in [1.807, 2.05) is 0 Å². The van der Waals surface area contributed by atoms with Crippen molar-refractivity contribution in [1.82, 2.24) is 0 Å². The van der Waals surface area contributed by atoms with Crippen molar-refractivity contribution in [1.29, 1.82) is 0 Å². The first-order valence-electron chi connectivity index (χ1n) is 4.76. The van der Waals surface area contributed by atoms with Crippen molar-refractivity contribution in [3.63, 3.8) is 0 Å². The van der Waals surface area contributed by atoms with Gasteiger partial charge in [-0.2, -0.15) is 0 Å². The highest BCUT2D eigenvalue weighted by molar-refractivity contribution is 4.51. The Kier molecular flexibility index (Phi) is 10.6. The molecule has 5 heteroatoms. The molecule has 0 rings (SSSR count). The summed E-state index contributed by atoms with van der Waals surface area (Å²) in [5.41, 5.74) is 0. The summed E-state index contributed by atoms with van der Waals surface area (Å²) in [6.07, 6.45) is -0.0283. The Hall–Kier alpha value is -0.260. The van der Waals surface area contributed by atoms with E-state index in [2.05, 4.69) is 0 Å². The van der Waals surface area contributed by atoms with Crippen LogP contribution in [0.1, 0.15) is 12.8 Å². The maximum absolute atomic E-state index is 11.6. The van der Waals surface area contributed by atoms with Crippen molar-refractivity contribution >= 4 is 0 Å². The zero-order valence-electron chi connectivity index (χ0n) is 8.25. The van der Waals surface area contributed by atoms with Gasteiger partial charge in [-0.3, -0.25) is 8.78 Å². The Labute approximate surface area is 83.0 Å². The predicted octanol–water partition coefficient (Wildman–Crippen LogP) is 1.10. The molecule has 0 aliphatic heterocycles. The minimum atomic E-state index is -0.714. The fraction of sp³-hybridized carbons (Fsp3) is 1.00. The number of hydrogen-bond acceptors (Lipinski definition) is 3. The lowest BCUT2D eigenvalue weighted by Crippen LogP contribution is -2.22. The van der Waals surface area contributed by atoms with Gasteiger partial charge in [0.05, 0.1) is 26.6 Å². The van der Waals surface area contributed by atoms with Crippen LogP contribution in [0.15, 0.2) is 0 Å². The van der Waals surface area contributed by atoms with Crippen molar-refractivity contribution < 1.29 is 23.4 Å². The second-order valence-corrected chi connectivity index (χ2v) is 2.89. The largest absolute Gasteiger partial charge is 0.388 e. The predicted molar refractivity (Wildman–Crippen MR) is 48.8 cm³/mol. The second-order valence-electron chi connectivity index (χ2n) is 2.89. The molecule has 3 nitrogen and oxygen atoms in total. The van der Waals surface area contributed by atoms with Crippen LogP contribution in [0.5, 0.6) is 0 Å². The van der Waals surface area contributed by atoms with Gasteiger partial charge in [0.15, 0.2) is 0 Å². The van der Waals surface area contributed by atoms with E-state index in [1.165, 1.54) is 0 Å². The molecule has 0 aromatic rings. The van der Waals surface area contributed by atoms with Crippen LogP contribution in [0.4, 0.5) is 8.78 Å². The zero-order valence-corrected chi connectivity index (χ0v) is 8.25. The highest BCUT2D eigenvalue weighted by atomic mass is 19.1. The summed E-state index contributed by atoms with van der Waals surface area (Å²) >= 11 is 0. The van der Waals surface area contributed by atoms with Crippen molar-refractivity contribution in [3.8, 4) is 0 Å².